The number of rotatable bonds is 5. The third-order valence-electron chi connectivity index (χ3n) is 4.89. The van der Waals surface area contributed by atoms with E-state index in [4.69, 9.17) is 5.14 Å². The first-order valence-corrected chi connectivity index (χ1v) is 12.0. The topological polar surface area (TPSA) is 119 Å². The summed E-state index contributed by atoms with van der Waals surface area (Å²) in [5.74, 6) is 0.333. The van der Waals surface area contributed by atoms with Crippen molar-refractivity contribution in [1.82, 2.24) is 4.72 Å². The molecule has 0 aromatic heterocycles. The number of aliphatic imine (C=N–C) groups is 1. The molecule has 2 aromatic carbocycles. The Morgan fingerprint density at radius 3 is 2.24 bits per heavy atom. The molecule has 0 saturated heterocycles. The summed E-state index contributed by atoms with van der Waals surface area (Å²) in [6, 6.07) is 11.8. The molecule has 0 unspecified atom stereocenters. The summed E-state index contributed by atoms with van der Waals surface area (Å²) in [4.78, 5) is 4.70. The van der Waals surface area contributed by atoms with E-state index in [-0.39, 0.29) is 9.80 Å². The maximum absolute atomic E-state index is 12.6. The predicted molar refractivity (Wildman–Crippen MR) is 114 cm³/mol. The fraction of sp³-hybridized carbons (Fsp3) is 0.250. The smallest absolute Gasteiger partial charge is 0.264 e. The van der Waals surface area contributed by atoms with E-state index >= 15 is 0 Å². The fourth-order valence-electron chi connectivity index (χ4n) is 3.11. The monoisotopic (exact) mass is 433 g/mol. The Hall–Kier alpha value is -2.49. The minimum absolute atomic E-state index is 0.0490. The first kappa shape index (κ1) is 21.2. The van der Waals surface area contributed by atoms with Crippen LogP contribution in [0.5, 0.6) is 0 Å². The largest absolute Gasteiger partial charge is 0.267 e. The third kappa shape index (κ3) is 4.58. The van der Waals surface area contributed by atoms with Crippen molar-refractivity contribution in [3.63, 3.8) is 0 Å². The lowest BCUT2D eigenvalue weighted by Gasteiger charge is -2.06. The predicted octanol–water partition coefficient (Wildman–Crippen LogP) is 2.26. The van der Waals surface area contributed by atoms with E-state index in [0.29, 0.717) is 29.9 Å². The van der Waals surface area contributed by atoms with Gasteiger partial charge >= 0.3 is 0 Å². The Bertz CT molecular complexity index is 1230. The summed E-state index contributed by atoms with van der Waals surface area (Å²) in [7, 11) is -7.39. The van der Waals surface area contributed by atoms with Crippen LogP contribution in [0.4, 0.5) is 0 Å². The van der Waals surface area contributed by atoms with Gasteiger partial charge in [-0.3, -0.25) is 9.71 Å². The molecule has 0 bridgehead atoms. The molecule has 1 aliphatic rings. The number of sulfonamides is 2. The normalized spacial score (nSPS) is 17.6. The molecule has 1 aliphatic heterocycles. The molecule has 2 aromatic rings. The van der Waals surface area contributed by atoms with E-state index in [1.165, 1.54) is 12.1 Å². The number of benzene rings is 2. The molecule has 154 valence electrons. The number of nitrogens with zero attached hydrogens (tertiary/aromatic N) is 1. The average Bonchev–Trinajstić information content (AvgIpc) is 2.86. The van der Waals surface area contributed by atoms with Gasteiger partial charge in [0, 0.05) is 12.1 Å². The highest BCUT2D eigenvalue weighted by Crippen LogP contribution is 2.30. The van der Waals surface area contributed by atoms with Crippen molar-refractivity contribution >= 4 is 30.8 Å². The van der Waals surface area contributed by atoms with Crippen LogP contribution in [0.2, 0.25) is 0 Å². The highest BCUT2D eigenvalue weighted by molar-refractivity contribution is 8.00. The summed E-state index contributed by atoms with van der Waals surface area (Å²) in [6.45, 7) is 6.01. The van der Waals surface area contributed by atoms with Crippen LogP contribution in [0, 0.1) is 13.8 Å². The minimum atomic E-state index is -3.72. The molecule has 29 heavy (non-hydrogen) atoms. The Morgan fingerprint density at radius 1 is 1.00 bits per heavy atom. The van der Waals surface area contributed by atoms with Crippen LogP contribution in [-0.4, -0.2) is 29.2 Å². The molecule has 0 atom stereocenters. The van der Waals surface area contributed by atoms with E-state index in [1.54, 1.807) is 25.1 Å². The number of nitrogens with two attached hydrogens (primary N) is 1. The lowest BCUT2D eigenvalue weighted by Crippen LogP contribution is -2.24. The number of nitrogens with one attached hydrogen (secondary N) is 1. The highest BCUT2D eigenvalue weighted by Gasteiger charge is 2.32. The fourth-order valence-corrected chi connectivity index (χ4v) is 5.14. The van der Waals surface area contributed by atoms with Gasteiger partial charge in [0.15, 0.2) is 0 Å². The summed E-state index contributed by atoms with van der Waals surface area (Å²) in [5.41, 5.74) is 4.21. The van der Waals surface area contributed by atoms with Gasteiger partial charge in [0.1, 0.15) is 10.7 Å². The zero-order chi connectivity index (χ0) is 21.4. The molecule has 3 rings (SSSR count). The minimum Gasteiger partial charge on any atom is -0.267 e. The Balaban J connectivity index is 1.81. The van der Waals surface area contributed by atoms with Crippen molar-refractivity contribution < 1.29 is 16.8 Å². The lowest BCUT2D eigenvalue weighted by atomic mass is 10.0. The first-order chi connectivity index (χ1) is 13.5. The van der Waals surface area contributed by atoms with Crippen molar-refractivity contribution in [2.75, 3.05) is 6.54 Å². The number of amidine groups is 1. The summed E-state index contributed by atoms with van der Waals surface area (Å²) >= 11 is 0. The SMILES string of the molecule is CC1=C(c2ccc(C)c(C)c2)S(=O)(=O)NC1=NCCc1ccc(S(N)(=O)=O)cc1. The second-order valence-electron chi connectivity index (χ2n) is 7.03. The lowest BCUT2D eigenvalue weighted by molar-refractivity contribution is 0.597. The van der Waals surface area contributed by atoms with Gasteiger partial charge < -0.3 is 0 Å². The van der Waals surface area contributed by atoms with Gasteiger partial charge in [0.2, 0.25) is 10.0 Å². The number of hydrogen-bond donors (Lipinski definition) is 2. The molecule has 0 radical (unpaired) electrons. The Labute approximate surface area is 171 Å². The molecule has 7 nitrogen and oxygen atoms in total. The van der Waals surface area contributed by atoms with Gasteiger partial charge in [-0.15, -0.1) is 0 Å². The molecule has 1 heterocycles. The molecule has 0 amide bonds. The number of hydrogen-bond acceptors (Lipinski definition) is 5. The molecule has 0 spiro atoms. The van der Waals surface area contributed by atoms with Crippen molar-refractivity contribution in [1.29, 1.82) is 0 Å². The van der Waals surface area contributed by atoms with Crippen LogP contribution in [0.1, 0.15) is 29.2 Å². The summed E-state index contributed by atoms with van der Waals surface area (Å²) < 4.78 is 50.4. The van der Waals surface area contributed by atoms with Crippen LogP contribution >= 0.6 is 0 Å². The van der Waals surface area contributed by atoms with Crippen molar-refractivity contribution in [3.05, 3.63) is 70.3 Å². The van der Waals surface area contributed by atoms with Crippen molar-refractivity contribution in [2.24, 2.45) is 10.1 Å². The van der Waals surface area contributed by atoms with Crippen LogP contribution in [0.3, 0.4) is 0 Å². The Morgan fingerprint density at radius 2 is 1.66 bits per heavy atom. The average molecular weight is 434 g/mol. The second-order valence-corrected chi connectivity index (χ2v) is 10.2. The molecule has 3 N–H and O–H groups in total. The van der Waals surface area contributed by atoms with Gasteiger partial charge in [0.25, 0.3) is 10.0 Å². The number of aryl methyl sites for hydroxylation is 2. The second kappa shape index (κ2) is 7.74. The van der Waals surface area contributed by atoms with Crippen LogP contribution in [0.15, 0.2) is 57.9 Å². The first-order valence-electron chi connectivity index (χ1n) is 8.97. The van der Waals surface area contributed by atoms with Gasteiger partial charge in [0.05, 0.1) is 4.90 Å². The highest BCUT2D eigenvalue weighted by atomic mass is 32.2. The van der Waals surface area contributed by atoms with E-state index in [9.17, 15) is 16.8 Å². The van der Waals surface area contributed by atoms with E-state index in [1.807, 2.05) is 26.0 Å². The molecular weight excluding hydrogens is 410 g/mol. The molecule has 0 aliphatic carbocycles. The van der Waals surface area contributed by atoms with Gasteiger partial charge in [-0.2, -0.15) is 0 Å². The Kier molecular flexibility index (Phi) is 5.66. The van der Waals surface area contributed by atoms with Crippen molar-refractivity contribution in [3.8, 4) is 0 Å². The summed E-state index contributed by atoms with van der Waals surface area (Å²) in [6.07, 6.45) is 0.530. The number of primary sulfonamides is 1. The zero-order valence-corrected chi connectivity index (χ0v) is 18.1. The van der Waals surface area contributed by atoms with E-state index in [0.717, 1.165) is 16.7 Å². The standard InChI is InChI=1S/C20H23N3O4S2/c1-13-4-7-17(12-14(13)2)19-15(3)20(23-29(19,26)27)22-11-10-16-5-8-18(9-6-16)28(21,24)25/h4-9,12H,10-11H2,1-3H3,(H,22,23)(H2,21,24,25). The maximum atomic E-state index is 12.6. The molecule has 0 fully saturated rings. The van der Waals surface area contributed by atoms with Gasteiger partial charge in [-0.25, -0.2) is 22.0 Å². The maximum Gasteiger partial charge on any atom is 0.264 e. The van der Waals surface area contributed by atoms with E-state index < -0.39 is 20.0 Å². The molecule has 0 saturated carbocycles. The van der Waals surface area contributed by atoms with Gasteiger partial charge in [-0.1, -0.05) is 30.3 Å². The molecular formula is C20H23N3O4S2. The van der Waals surface area contributed by atoms with Crippen LogP contribution < -0.4 is 9.86 Å². The zero-order valence-electron chi connectivity index (χ0n) is 16.4. The van der Waals surface area contributed by atoms with Gasteiger partial charge in [-0.05, 0) is 61.6 Å². The van der Waals surface area contributed by atoms with E-state index in [2.05, 4.69) is 9.71 Å². The van der Waals surface area contributed by atoms with Crippen LogP contribution in [-0.2, 0) is 26.5 Å². The van der Waals surface area contributed by atoms with Crippen molar-refractivity contribution in [2.45, 2.75) is 32.1 Å². The third-order valence-corrected chi connectivity index (χ3v) is 7.36. The summed E-state index contributed by atoms with van der Waals surface area (Å²) in [5, 5.41) is 5.09. The quantitative estimate of drug-likeness (QED) is 0.752. The molecule has 9 heteroatoms. The van der Waals surface area contributed by atoms with Crippen LogP contribution in [0.25, 0.3) is 4.91 Å².